The van der Waals surface area contributed by atoms with Gasteiger partial charge in [0, 0.05) is 18.2 Å². The number of nitrogens with zero attached hydrogens (tertiary/aromatic N) is 2. The first kappa shape index (κ1) is 14.5. The molecule has 0 spiro atoms. The van der Waals surface area contributed by atoms with E-state index in [1.54, 1.807) is 0 Å². The summed E-state index contributed by atoms with van der Waals surface area (Å²) in [6, 6.07) is 12.2. The monoisotopic (exact) mass is 270 g/mol. The first-order valence-electron chi connectivity index (χ1n) is 6.89. The van der Waals surface area contributed by atoms with Crippen LogP contribution in [0.15, 0.2) is 36.4 Å². The molecule has 20 heavy (non-hydrogen) atoms. The second kappa shape index (κ2) is 6.53. The molecule has 1 aromatic carbocycles. The predicted molar refractivity (Wildman–Crippen MR) is 83.2 cm³/mol. The molecule has 2 aromatic rings. The number of hydrogen-bond acceptors (Lipinski definition) is 3. The molecule has 0 aliphatic rings. The van der Waals surface area contributed by atoms with Crippen molar-refractivity contribution in [1.29, 1.82) is 0 Å². The van der Waals surface area contributed by atoms with Gasteiger partial charge in [0.15, 0.2) is 0 Å². The van der Waals surface area contributed by atoms with E-state index < -0.39 is 0 Å². The molecule has 1 aromatic heterocycles. The Morgan fingerprint density at radius 3 is 2.30 bits per heavy atom. The van der Waals surface area contributed by atoms with Crippen LogP contribution in [-0.4, -0.2) is 37.1 Å². The molecule has 3 heteroatoms. The summed E-state index contributed by atoms with van der Waals surface area (Å²) in [5, 5.41) is 0. The Morgan fingerprint density at radius 2 is 1.65 bits per heavy atom. The summed E-state index contributed by atoms with van der Waals surface area (Å²) >= 11 is 0. The number of benzene rings is 1. The predicted octanol–water partition coefficient (Wildman–Crippen LogP) is 3.31. The zero-order valence-electron chi connectivity index (χ0n) is 12.7. The number of rotatable bonds is 5. The number of aromatic nitrogens is 1. The summed E-state index contributed by atoms with van der Waals surface area (Å²) in [5.74, 6) is 0.687. The zero-order chi connectivity index (χ0) is 14.5. The van der Waals surface area contributed by atoms with Crippen LogP contribution in [0.5, 0.6) is 5.88 Å². The maximum absolute atomic E-state index is 5.71. The van der Waals surface area contributed by atoms with Gasteiger partial charge in [-0.05, 0) is 45.1 Å². The zero-order valence-corrected chi connectivity index (χ0v) is 12.7. The fourth-order valence-electron chi connectivity index (χ4n) is 2.19. The second-order valence-electron chi connectivity index (χ2n) is 5.28. The van der Waals surface area contributed by atoms with E-state index >= 15 is 0 Å². The summed E-state index contributed by atoms with van der Waals surface area (Å²) in [4.78, 5) is 6.71. The Balaban J connectivity index is 2.21. The highest BCUT2D eigenvalue weighted by atomic mass is 16.5. The molecular weight excluding hydrogens is 248 g/mol. The molecule has 0 aliphatic heterocycles. The van der Waals surface area contributed by atoms with Crippen molar-refractivity contribution >= 4 is 0 Å². The standard InChI is InChI=1S/C17H22N2O/c1-13-7-5-8-14(2)17(13)15-9-6-10-16(18-15)20-12-11-19(3)4/h5-10H,11-12H2,1-4H3. The highest BCUT2D eigenvalue weighted by molar-refractivity contribution is 5.67. The lowest BCUT2D eigenvalue weighted by atomic mass is 10.00. The van der Waals surface area contributed by atoms with E-state index in [0.717, 1.165) is 12.2 Å². The minimum absolute atomic E-state index is 0.649. The van der Waals surface area contributed by atoms with E-state index in [-0.39, 0.29) is 0 Å². The summed E-state index contributed by atoms with van der Waals surface area (Å²) in [7, 11) is 4.06. The van der Waals surface area contributed by atoms with Crippen LogP contribution in [-0.2, 0) is 0 Å². The summed E-state index contributed by atoms with van der Waals surface area (Å²) < 4.78 is 5.71. The van der Waals surface area contributed by atoms with Crippen LogP contribution in [0.25, 0.3) is 11.3 Å². The number of ether oxygens (including phenoxy) is 1. The second-order valence-corrected chi connectivity index (χ2v) is 5.28. The normalized spacial score (nSPS) is 10.8. The highest BCUT2D eigenvalue weighted by Crippen LogP contribution is 2.26. The van der Waals surface area contributed by atoms with E-state index in [1.165, 1.54) is 16.7 Å². The molecule has 0 aliphatic carbocycles. The number of hydrogen-bond donors (Lipinski definition) is 0. The van der Waals surface area contributed by atoms with Gasteiger partial charge >= 0.3 is 0 Å². The van der Waals surface area contributed by atoms with Gasteiger partial charge in [0.05, 0.1) is 5.69 Å². The third kappa shape index (κ3) is 3.58. The van der Waals surface area contributed by atoms with Crippen molar-refractivity contribution in [3.63, 3.8) is 0 Å². The molecular formula is C17H22N2O. The topological polar surface area (TPSA) is 25.4 Å². The molecule has 0 atom stereocenters. The lowest BCUT2D eigenvalue weighted by Crippen LogP contribution is -2.19. The van der Waals surface area contributed by atoms with Crippen molar-refractivity contribution in [3.05, 3.63) is 47.5 Å². The van der Waals surface area contributed by atoms with Gasteiger partial charge in [-0.2, -0.15) is 0 Å². The largest absolute Gasteiger partial charge is 0.476 e. The summed E-state index contributed by atoms with van der Waals surface area (Å²) in [6.45, 7) is 5.76. The van der Waals surface area contributed by atoms with E-state index in [1.807, 2.05) is 32.3 Å². The fraction of sp³-hybridized carbons (Fsp3) is 0.353. The van der Waals surface area contributed by atoms with Gasteiger partial charge in [0.2, 0.25) is 5.88 Å². The van der Waals surface area contributed by atoms with Gasteiger partial charge in [-0.3, -0.25) is 0 Å². The van der Waals surface area contributed by atoms with Crippen LogP contribution in [0.2, 0.25) is 0 Å². The smallest absolute Gasteiger partial charge is 0.213 e. The molecule has 0 radical (unpaired) electrons. The van der Waals surface area contributed by atoms with Crippen molar-refractivity contribution < 1.29 is 4.74 Å². The van der Waals surface area contributed by atoms with Crippen molar-refractivity contribution in [2.75, 3.05) is 27.2 Å². The van der Waals surface area contributed by atoms with Gasteiger partial charge in [0.1, 0.15) is 6.61 Å². The van der Waals surface area contributed by atoms with Crippen LogP contribution in [0.1, 0.15) is 11.1 Å². The molecule has 1 heterocycles. The van der Waals surface area contributed by atoms with Crippen LogP contribution in [0, 0.1) is 13.8 Å². The molecule has 106 valence electrons. The Hall–Kier alpha value is -1.87. The lowest BCUT2D eigenvalue weighted by molar-refractivity contribution is 0.254. The lowest BCUT2D eigenvalue weighted by Gasteiger charge is -2.12. The molecule has 2 rings (SSSR count). The molecule has 0 N–H and O–H groups in total. The third-order valence-electron chi connectivity index (χ3n) is 3.25. The van der Waals surface area contributed by atoms with Gasteiger partial charge in [0.25, 0.3) is 0 Å². The molecule has 0 amide bonds. The maximum atomic E-state index is 5.71. The van der Waals surface area contributed by atoms with Gasteiger partial charge in [-0.25, -0.2) is 4.98 Å². The van der Waals surface area contributed by atoms with Crippen LogP contribution >= 0.6 is 0 Å². The maximum Gasteiger partial charge on any atom is 0.213 e. The minimum atomic E-state index is 0.649. The van der Waals surface area contributed by atoms with Crippen molar-refractivity contribution in [2.45, 2.75) is 13.8 Å². The Kier molecular flexibility index (Phi) is 4.74. The van der Waals surface area contributed by atoms with Gasteiger partial charge in [-0.15, -0.1) is 0 Å². The number of likely N-dealkylation sites (N-methyl/N-ethyl adjacent to an activating group) is 1. The minimum Gasteiger partial charge on any atom is -0.476 e. The molecule has 0 fully saturated rings. The summed E-state index contributed by atoms with van der Waals surface area (Å²) in [5.41, 5.74) is 4.65. The molecule has 3 nitrogen and oxygen atoms in total. The Bertz CT molecular complexity index is 559. The SMILES string of the molecule is Cc1cccc(C)c1-c1cccc(OCCN(C)C)n1. The molecule has 0 saturated carbocycles. The average Bonchev–Trinajstić information content (AvgIpc) is 2.38. The fourth-order valence-corrected chi connectivity index (χ4v) is 2.19. The van der Waals surface area contributed by atoms with Crippen molar-refractivity contribution in [3.8, 4) is 17.1 Å². The first-order valence-corrected chi connectivity index (χ1v) is 6.89. The Morgan fingerprint density at radius 1 is 1.00 bits per heavy atom. The van der Waals surface area contributed by atoms with E-state index in [9.17, 15) is 0 Å². The van der Waals surface area contributed by atoms with Crippen LogP contribution < -0.4 is 4.74 Å². The number of aryl methyl sites for hydroxylation is 2. The van der Waals surface area contributed by atoms with E-state index in [2.05, 4.69) is 41.9 Å². The van der Waals surface area contributed by atoms with E-state index in [4.69, 9.17) is 4.74 Å². The van der Waals surface area contributed by atoms with E-state index in [0.29, 0.717) is 12.5 Å². The summed E-state index contributed by atoms with van der Waals surface area (Å²) in [6.07, 6.45) is 0. The molecule has 0 saturated heterocycles. The highest BCUT2D eigenvalue weighted by Gasteiger charge is 2.07. The van der Waals surface area contributed by atoms with Crippen LogP contribution in [0.4, 0.5) is 0 Å². The first-order chi connectivity index (χ1) is 9.58. The molecule has 0 bridgehead atoms. The molecule has 0 unspecified atom stereocenters. The van der Waals surface area contributed by atoms with Gasteiger partial charge < -0.3 is 9.64 Å². The Labute approximate surface area is 121 Å². The third-order valence-corrected chi connectivity index (χ3v) is 3.25. The van der Waals surface area contributed by atoms with Crippen molar-refractivity contribution in [1.82, 2.24) is 9.88 Å². The average molecular weight is 270 g/mol. The van der Waals surface area contributed by atoms with Crippen molar-refractivity contribution in [2.24, 2.45) is 0 Å². The quantitative estimate of drug-likeness (QED) is 0.833. The van der Waals surface area contributed by atoms with Crippen LogP contribution in [0.3, 0.4) is 0 Å². The number of pyridine rings is 1. The van der Waals surface area contributed by atoms with Gasteiger partial charge in [-0.1, -0.05) is 24.3 Å².